The van der Waals surface area contributed by atoms with Crippen molar-refractivity contribution in [2.45, 2.75) is 38.8 Å². The van der Waals surface area contributed by atoms with Gasteiger partial charge in [0, 0.05) is 18.3 Å². The highest BCUT2D eigenvalue weighted by Gasteiger charge is 2.33. The minimum Gasteiger partial charge on any atom is -0.481 e. The van der Waals surface area contributed by atoms with E-state index in [-0.39, 0.29) is 0 Å². The van der Waals surface area contributed by atoms with Gasteiger partial charge in [0.15, 0.2) is 0 Å². The lowest BCUT2D eigenvalue weighted by molar-refractivity contribution is -0.145. The molecular formula is C15H22N2O3. The van der Waals surface area contributed by atoms with Gasteiger partial charge < -0.3 is 9.84 Å². The van der Waals surface area contributed by atoms with Crippen LogP contribution in [0.2, 0.25) is 0 Å². The molecule has 1 aliphatic heterocycles. The van der Waals surface area contributed by atoms with Crippen molar-refractivity contribution in [3.63, 3.8) is 0 Å². The van der Waals surface area contributed by atoms with Crippen LogP contribution in [-0.4, -0.2) is 40.7 Å². The first-order valence-corrected chi connectivity index (χ1v) is 7.10. The molecule has 1 N–H and O–H groups in total. The maximum Gasteiger partial charge on any atom is 0.320 e. The molecular weight excluding hydrogens is 256 g/mol. The van der Waals surface area contributed by atoms with E-state index in [9.17, 15) is 9.90 Å². The highest BCUT2D eigenvalue weighted by Crippen LogP contribution is 2.28. The fraction of sp³-hybridized carbons (Fsp3) is 0.600. The lowest BCUT2D eigenvalue weighted by Crippen LogP contribution is -2.46. The number of hydrogen-bond donors (Lipinski definition) is 1. The molecule has 110 valence electrons. The van der Waals surface area contributed by atoms with E-state index in [1.807, 2.05) is 17.0 Å². The summed E-state index contributed by atoms with van der Waals surface area (Å²) in [6, 6.07) is 3.39. The number of carboxylic acids is 1. The van der Waals surface area contributed by atoms with Crippen LogP contribution in [0, 0.1) is 5.92 Å². The first-order valence-electron chi connectivity index (χ1n) is 7.10. The smallest absolute Gasteiger partial charge is 0.320 e. The molecule has 0 aromatic carbocycles. The molecule has 0 saturated carbocycles. The van der Waals surface area contributed by atoms with E-state index in [0.717, 1.165) is 31.4 Å². The molecule has 0 bridgehead atoms. The Morgan fingerprint density at radius 3 is 3.05 bits per heavy atom. The lowest BCUT2D eigenvalue weighted by Gasteiger charge is -2.37. The van der Waals surface area contributed by atoms with Crippen LogP contribution >= 0.6 is 0 Å². The molecule has 0 aliphatic carbocycles. The Labute approximate surface area is 119 Å². The monoisotopic (exact) mass is 278 g/mol. The van der Waals surface area contributed by atoms with Gasteiger partial charge in [-0.25, -0.2) is 4.98 Å². The first-order chi connectivity index (χ1) is 9.65. The Kier molecular flexibility index (Phi) is 4.95. The number of nitrogens with zero attached hydrogens (tertiary/aromatic N) is 2. The van der Waals surface area contributed by atoms with E-state index in [4.69, 9.17) is 4.74 Å². The maximum atomic E-state index is 11.5. The predicted molar refractivity (Wildman–Crippen MR) is 75.6 cm³/mol. The molecule has 0 radical (unpaired) electrons. The summed E-state index contributed by atoms with van der Waals surface area (Å²) >= 11 is 0. The van der Waals surface area contributed by atoms with Crippen molar-refractivity contribution in [1.82, 2.24) is 9.88 Å². The third-order valence-corrected chi connectivity index (χ3v) is 4.10. The van der Waals surface area contributed by atoms with Crippen molar-refractivity contribution in [1.29, 1.82) is 0 Å². The van der Waals surface area contributed by atoms with Crippen LogP contribution < -0.4 is 4.74 Å². The number of hydrogen-bond acceptors (Lipinski definition) is 4. The van der Waals surface area contributed by atoms with Gasteiger partial charge >= 0.3 is 5.97 Å². The second kappa shape index (κ2) is 6.70. The van der Waals surface area contributed by atoms with Gasteiger partial charge in [-0.15, -0.1) is 0 Å². The zero-order valence-corrected chi connectivity index (χ0v) is 12.1. The van der Waals surface area contributed by atoms with Gasteiger partial charge in [-0.05, 0) is 31.4 Å². The van der Waals surface area contributed by atoms with Crippen LogP contribution in [-0.2, 0) is 11.3 Å². The minimum atomic E-state index is -0.731. The summed E-state index contributed by atoms with van der Waals surface area (Å²) < 4.78 is 5.24. The fourth-order valence-electron chi connectivity index (χ4n) is 2.85. The van der Waals surface area contributed by atoms with Gasteiger partial charge in [0.1, 0.15) is 6.04 Å². The molecule has 1 fully saturated rings. The van der Waals surface area contributed by atoms with Gasteiger partial charge in [0.25, 0.3) is 0 Å². The van der Waals surface area contributed by atoms with Crippen LogP contribution in [0.3, 0.4) is 0 Å². The first kappa shape index (κ1) is 14.8. The molecule has 2 atom stereocenters. The number of carboxylic acid groups (broad SMARTS) is 1. The number of pyridine rings is 1. The van der Waals surface area contributed by atoms with E-state index in [2.05, 4.69) is 11.9 Å². The SMILES string of the molecule is CCC1CCN(Cc2cccnc2OC)C(C(=O)O)C1. The molecule has 1 aromatic rings. The summed E-state index contributed by atoms with van der Waals surface area (Å²) in [4.78, 5) is 17.7. The minimum absolute atomic E-state index is 0.404. The average Bonchev–Trinajstić information content (AvgIpc) is 2.48. The summed E-state index contributed by atoms with van der Waals surface area (Å²) in [7, 11) is 1.59. The van der Waals surface area contributed by atoms with Gasteiger partial charge in [-0.3, -0.25) is 9.69 Å². The van der Waals surface area contributed by atoms with Crippen molar-refractivity contribution < 1.29 is 14.6 Å². The molecule has 2 unspecified atom stereocenters. The van der Waals surface area contributed by atoms with Crippen LogP contribution in [0.4, 0.5) is 0 Å². The summed E-state index contributed by atoms with van der Waals surface area (Å²) in [5.41, 5.74) is 0.941. The molecule has 2 rings (SSSR count). The highest BCUT2D eigenvalue weighted by atomic mass is 16.5. The number of rotatable bonds is 5. The predicted octanol–water partition coefficient (Wildman–Crippen LogP) is 2.17. The second-order valence-electron chi connectivity index (χ2n) is 5.29. The summed E-state index contributed by atoms with van der Waals surface area (Å²) in [6.45, 7) is 3.52. The van der Waals surface area contributed by atoms with E-state index >= 15 is 0 Å². The van der Waals surface area contributed by atoms with Crippen molar-refractivity contribution in [2.75, 3.05) is 13.7 Å². The van der Waals surface area contributed by atoms with Crippen LogP contribution in [0.15, 0.2) is 18.3 Å². The Morgan fingerprint density at radius 2 is 2.40 bits per heavy atom. The van der Waals surface area contributed by atoms with Crippen LogP contribution in [0.5, 0.6) is 5.88 Å². The molecule has 20 heavy (non-hydrogen) atoms. The number of methoxy groups -OCH3 is 1. The standard InChI is InChI=1S/C15H22N2O3/c1-3-11-6-8-17(13(9-11)15(18)19)10-12-5-4-7-16-14(12)20-2/h4-5,7,11,13H,3,6,8-10H2,1-2H3,(H,18,19). The number of likely N-dealkylation sites (tertiary alicyclic amines) is 1. The second-order valence-corrected chi connectivity index (χ2v) is 5.29. The molecule has 5 heteroatoms. The number of piperidine rings is 1. The molecule has 5 nitrogen and oxygen atoms in total. The van der Waals surface area contributed by atoms with E-state index < -0.39 is 12.0 Å². The van der Waals surface area contributed by atoms with Gasteiger partial charge in [0.05, 0.1) is 7.11 Å². The fourth-order valence-corrected chi connectivity index (χ4v) is 2.85. The molecule has 1 aliphatic rings. The number of aliphatic carboxylic acids is 1. The zero-order valence-electron chi connectivity index (χ0n) is 12.1. The van der Waals surface area contributed by atoms with Gasteiger partial charge in [-0.1, -0.05) is 19.4 Å². The van der Waals surface area contributed by atoms with Crippen molar-refractivity contribution in [2.24, 2.45) is 5.92 Å². The number of carbonyl (C=O) groups is 1. The summed E-state index contributed by atoms with van der Waals surface area (Å²) in [5, 5.41) is 9.44. The third kappa shape index (κ3) is 3.28. The average molecular weight is 278 g/mol. The Hall–Kier alpha value is -1.62. The van der Waals surface area contributed by atoms with Crippen LogP contribution in [0.1, 0.15) is 31.7 Å². The Bertz CT molecular complexity index is 464. The molecule has 2 heterocycles. The van der Waals surface area contributed by atoms with Crippen LogP contribution in [0.25, 0.3) is 0 Å². The number of ether oxygens (including phenoxy) is 1. The van der Waals surface area contributed by atoms with E-state index in [0.29, 0.717) is 18.3 Å². The Morgan fingerprint density at radius 1 is 1.60 bits per heavy atom. The normalized spacial score (nSPS) is 23.5. The molecule has 1 aromatic heterocycles. The topological polar surface area (TPSA) is 62.7 Å². The van der Waals surface area contributed by atoms with Crippen molar-refractivity contribution >= 4 is 5.97 Å². The summed E-state index contributed by atoms with van der Waals surface area (Å²) in [6.07, 6.45) is 4.52. The number of aromatic nitrogens is 1. The van der Waals surface area contributed by atoms with Crippen molar-refractivity contribution in [3.05, 3.63) is 23.9 Å². The molecule has 0 spiro atoms. The third-order valence-electron chi connectivity index (χ3n) is 4.10. The largest absolute Gasteiger partial charge is 0.481 e. The van der Waals surface area contributed by atoms with Crippen molar-refractivity contribution in [3.8, 4) is 5.88 Å². The zero-order chi connectivity index (χ0) is 14.5. The van der Waals surface area contributed by atoms with Gasteiger partial charge in [0.2, 0.25) is 5.88 Å². The molecule has 1 saturated heterocycles. The maximum absolute atomic E-state index is 11.5. The van der Waals surface area contributed by atoms with Gasteiger partial charge in [-0.2, -0.15) is 0 Å². The van der Waals surface area contributed by atoms with E-state index in [1.54, 1.807) is 13.3 Å². The molecule has 0 amide bonds. The quantitative estimate of drug-likeness (QED) is 0.894. The highest BCUT2D eigenvalue weighted by molar-refractivity contribution is 5.73. The summed E-state index contributed by atoms with van der Waals surface area (Å²) in [5.74, 6) is 0.364. The lowest BCUT2D eigenvalue weighted by atomic mass is 9.88. The Balaban J connectivity index is 2.12. The van der Waals surface area contributed by atoms with E-state index in [1.165, 1.54) is 0 Å².